The first-order chi connectivity index (χ1) is 11.0. The Morgan fingerprint density at radius 1 is 1.26 bits per heavy atom. The molecule has 128 valence electrons. The second-order valence-corrected chi connectivity index (χ2v) is 6.98. The highest BCUT2D eigenvalue weighted by Crippen LogP contribution is 2.21. The lowest BCUT2D eigenvalue weighted by Gasteiger charge is -2.40. The van der Waals surface area contributed by atoms with Gasteiger partial charge in [-0.15, -0.1) is 0 Å². The van der Waals surface area contributed by atoms with Gasteiger partial charge in [0.25, 0.3) is 0 Å². The van der Waals surface area contributed by atoms with E-state index < -0.39 is 6.04 Å². The van der Waals surface area contributed by atoms with Crippen molar-refractivity contribution in [2.75, 3.05) is 13.1 Å². The average Bonchev–Trinajstić information content (AvgIpc) is 2.54. The molecule has 1 amide bonds. The number of benzene rings is 1. The van der Waals surface area contributed by atoms with Gasteiger partial charge < -0.3 is 10.6 Å². The number of hydrogen-bond donors (Lipinski definition) is 1. The van der Waals surface area contributed by atoms with Crippen LogP contribution in [-0.2, 0) is 11.3 Å². The molecule has 1 aromatic rings. The van der Waals surface area contributed by atoms with Gasteiger partial charge >= 0.3 is 0 Å². The minimum absolute atomic E-state index is 0.0604. The Kier molecular flexibility index (Phi) is 6.60. The summed E-state index contributed by atoms with van der Waals surface area (Å²) in [5, 5.41) is 0. The van der Waals surface area contributed by atoms with Gasteiger partial charge in [0.05, 0.1) is 6.04 Å². The minimum Gasteiger partial charge on any atom is -0.337 e. The fourth-order valence-electron chi connectivity index (χ4n) is 3.34. The van der Waals surface area contributed by atoms with Crippen molar-refractivity contribution in [3.05, 3.63) is 35.9 Å². The van der Waals surface area contributed by atoms with Crippen LogP contribution in [0.15, 0.2) is 30.3 Å². The number of carbonyl (C=O) groups excluding carboxylic acids is 1. The van der Waals surface area contributed by atoms with E-state index in [-0.39, 0.29) is 11.9 Å². The van der Waals surface area contributed by atoms with Gasteiger partial charge in [0, 0.05) is 25.2 Å². The molecule has 0 radical (unpaired) electrons. The van der Waals surface area contributed by atoms with Gasteiger partial charge in [-0.3, -0.25) is 9.69 Å². The van der Waals surface area contributed by atoms with Gasteiger partial charge in [-0.1, -0.05) is 36.8 Å². The molecule has 2 rings (SSSR count). The van der Waals surface area contributed by atoms with Crippen molar-refractivity contribution in [3.63, 3.8) is 0 Å². The molecule has 0 aliphatic carbocycles. The number of rotatable bonds is 6. The van der Waals surface area contributed by atoms with Crippen molar-refractivity contribution in [1.82, 2.24) is 9.80 Å². The first-order valence-electron chi connectivity index (χ1n) is 8.83. The Morgan fingerprint density at radius 3 is 2.57 bits per heavy atom. The van der Waals surface area contributed by atoms with Crippen LogP contribution in [0.3, 0.4) is 0 Å². The number of piperidine rings is 1. The monoisotopic (exact) mass is 317 g/mol. The van der Waals surface area contributed by atoms with Crippen molar-refractivity contribution < 1.29 is 4.79 Å². The zero-order valence-electron chi connectivity index (χ0n) is 14.7. The van der Waals surface area contributed by atoms with E-state index in [2.05, 4.69) is 49.1 Å². The van der Waals surface area contributed by atoms with E-state index in [9.17, 15) is 4.79 Å². The van der Waals surface area contributed by atoms with Crippen LogP contribution in [0.5, 0.6) is 0 Å². The van der Waals surface area contributed by atoms with E-state index in [1.807, 2.05) is 4.90 Å². The van der Waals surface area contributed by atoms with Crippen molar-refractivity contribution in [2.24, 2.45) is 5.73 Å². The minimum atomic E-state index is -0.427. The van der Waals surface area contributed by atoms with E-state index >= 15 is 0 Å². The van der Waals surface area contributed by atoms with E-state index in [1.165, 1.54) is 18.4 Å². The van der Waals surface area contributed by atoms with Gasteiger partial charge in [-0.25, -0.2) is 0 Å². The molecular weight excluding hydrogens is 286 g/mol. The maximum Gasteiger partial charge on any atom is 0.239 e. The summed E-state index contributed by atoms with van der Waals surface area (Å²) >= 11 is 0. The topological polar surface area (TPSA) is 49.6 Å². The Morgan fingerprint density at radius 2 is 1.96 bits per heavy atom. The van der Waals surface area contributed by atoms with Gasteiger partial charge in [-0.05, 0) is 45.7 Å². The molecule has 4 nitrogen and oxygen atoms in total. The lowest BCUT2D eigenvalue weighted by atomic mass is 9.99. The standard InChI is InChI=1S/C19H31N3O/c1-15(2)22(19(23)16(3)20)14-18-11-7-8-12-21(18)13-17-9-5-4-6-10-17/h4-6,9-10,15-16,18H,7-8,11-14,20H2,1-3H3/t16-,18+/m0/s1. The van der Waals surface area contributed by atoms with E-state index in [0.717, 1.165) is 26.1 Å². The summed E-state index contributed by atoms with van der Waals surface area (Å²) in [7, 11) is 0. The lowest BCUT2D eigenvalue weighted by Crippen LogP contribution is -2.53. The highest BCUT2D eigenvalue weighted by Gasteiger charge is 2.28. The van der Waals surface area contributed by atoms with Gasteiger partial charge in [-0.2, -0.15) is 0 Å². The molecule has 1 saturated heterocycles. The molecule has 1 aliphatic rings. The van der Waals surface area contributed by atoms with Crippen molar-refractivity contribution in [3.8, 4) is 0 Å². The van der Waals surface area contributed by atoms with Crippen LogP contribution >= 0.6 is 0 Å². The number of amides is 1. The van der Waals surface area contributed by atoms with Gasteiger partial charge in [0.15, 0.2) is 0 Å². The quantitative estimate of drug-likeness (QED) is 0.877. The molecule has 0 unspecified atom stereocenters. The lowest BCUT2D eigenvalue weighted by molar-refractivity contribution is -0.135. The zero-order chi connectivity index (χ0) is 16.8. The summed E-state index contributed by atoms with van der Waals surface area (Å²) in [5.74, 6) is 0.0604. The molecule has 1 fully saturated rings. The summed E-state index contributed by atoms with van der Waals surface area (Å²) in [6.07, 6.45) is 3.64. The van der Waals surface area contributed by atoms with Crippen LogP contribution in [0.1, 0.15) is 45.6 Å². The zero-order valence-corrected chi connectivity index (χ0v) is 14.7. The Hall–Kier alpha value is -1.39. The third-order valence-corrected chi connectivity index (χ3v) is 4.68. The molecule has 0 spiro atoms. The average molecular weight is 317 g/mol. The van der Waals surface area contributed by atoms with E-state index in [0.29, 0.717) is 6.04 Å². The predicted molar refractivity (Wildman–Crippen MR) is 95.0 cm³/mol. The molecule has 1 heterocycles. The molecule has 1 aliphatic heterocycles. The first-order valence-corrected chi connectivity index (χ1v) is 8.83. The van der Waals surface area contributed by atoms with Gasteiger partial charge in [0.1, 0.15) is 0 Å². The van der Waals surface area contributed by atoms with Crippen LogP contribution in [-0.4, -0.2) is 46.9 Å². The maximum absolute atomic E-state index is 12.4. The number of likely N-dealkylation sites (tertiary alicyclic amines) is 1. The Balaban J connectivity index is 2.06. The SMILES string of the molecule is CC(C)N(C[C@H]1CCCCN1Cc1ccccc1)C(=O)[C@H](C)N. The fraction of sp³-hybridized carbons (Fsp3) is 0.632. The number of hydrogen-bond acceptors (Lipinski definition) is 3. The fourth-order valence-corrected chi connectivity index (χ4v) is 3.34. The molecular formula is C19H31N3O. The molecule has 0 saturated carbocycles. The molecule has 2 atom stereocenters. The molecule has 0 bridgehead atoms. The van der Waals surface area contributed by atoms with Crippen LogP contribution in [0.25, 0.3) is 0 Å². The third-order valence-electron chi connectivity index (χ3n) is 4.68. The molecule has 1 aromatic carbocycles. The second-order valence-electron chi connectivity index (χ2n) is 6.98. The molecule has 4 heteroatoms. The maximum atomic E-state index is 12.4. The molecule has 23 heavy (non-hydrogen) atoms. The number of nitrogens with two attached hydrogens (primary N) is 1. The van der Waals surface area contributed by atoms with E-state index in [1.54, 1.807) is 6.92 Å². The van der Waals surface area contributed by atoms with Crippen molar-refractivity contribution in [1.29, 1.82) is 0 Å². The number of carbonyl (C=O) groups is 1. The Bertz CT molecular complexity index is 487. The highest BCUT2D eigenvalue weighted by atomic mass is 16.2. The van der Waals surface area contributed by atoms with Crippen LogP contribution < -0.4 is 5.73 Å². The largest absolute Gasteiger partial charge is 0.337 e. The Labute approximate surface area is 140 Å². The third kappa shape index (κ3) is 5.05. The van der Waals surface area contributed by atoms with Crippen LogP contribution in [0.2, 0.25) is 0 Å². The van der Waals surface area contributed by atoms with Crippen molar-refractivity contribution in [2.45, 2.75) is 64.7 Å². The molecule has 0 aromatic heterocycles. The van der Waals surface area contributed by atoms with E-state index in [4.69, 9.17) is 5.73 Å². The normalized spacial score (nSPS) is 20.5. The number of nitrogens with zero attached hydrogens (tertiary/aromatic N) is 2. The summed E-state index contributed by atoms with van der Waals surface area (Å²) in [6.45, 7) is 8.78. The van der Waals surface area contributed by atoms with Crippen LogP contribution in [0, 0.1) is 0 Å². The summed E-state index contributed by atoms with van der Waals surface area (Å²) in [5.41, 5.74) is 7.17. The van der Waals surface area contributed by atoms with Gasteiger partial charge in [0.2, 0.25) is 5.91 Å². The first kappa shape index (κ1) is 18.0. The molecule has 2 N–H and O–H groups in total. The van der Waals surface area contributed by atoms with Crippen LogP contribution in [0.4, 0.5) is 0 Å². The second kappa shape index (κ2) is 8.46. The summed E-state index contributed by atoms with van der Waals surface area (Å²) in [4.78, 5) is 16.9. The smallest absolute Gasteiger partial charge is 0.239 e. The summed E-state index contributed by atoms with van der Waals surface area (Å²) < 4.78 is 0. The highest BCUT2D eigenvalue weighted by molar-refractivity contribution is 5.81. The summed E-state index contributed by atoms with van der Waals surface area (Å²) in [6, 6.07) is 10.8. The predicted octanol–water partition coefficient (Wildman–Crippen LogP) is 2.63. The van der Waals surface area contributed by atoms with Crippen molar-refractivity contribution >= 4 is 5.91 Å².